The fourth-order valence-electron chi connectivity index (χ4n) is 2.41. The van der Waals surface area contributed by atoms with E-state index in [0.29, 0.717) is 0 Å². The van der Waals surface area contributed by atoms with E-state index < -0.39 is 0 Å². The molecule has 4 nitrogen and oxygen atoms in total. The minimum atomic E-state index is 0.959. The molecule has 0 saturated heterocycles. The third kappa shape index (κ3) is 2.33. The molecule has 96 valence electrons. The Balaban J connectivity index is 1.68. The topological polar surface area (TPSA) is 34.0 Å². The van der Waals surface area contributed by atoms with Gasteiger partial charge in [-0.1, -0.05) is 6.92 Å². The van der Waals surface area contributed by atoms with Crippen LogP contribution in [0.3, 0.4) is 0 Å². The van der Waals surface area contributed by atoms with Crippen molar-refractivity contribution < 1.29 is 0 Å². The fourth-order valence-corrected chi connectivity index (χ4v) is 3.15. The summed E-state index contributed by atoms with van der Waals surface area (Å²) in [6.45, 7) is 8.22. The summed E-state index contributed by atoms with van der Waals surface area (Å²) in [5.41, 5.74) is 3.65. The molecule has 18 heavy (non-hydrogen) atoms. The smallest absolute Gasteiger partial charge is 0.0926 e. The highest BCUT2D eigenvalue weighted by atomic mass is 32.1. The maximum absolute atomic E-state index is 4.64. The quantitative estimate of drug-likeness (QED) is 0.850. The third-order valence-electron chi connectivity index (χ3n) is 3.29. The molecular formula is C13H18N4S. The molecule has 3 rings (SSSR count). The van der Waals surface area contributed by atoms with Crippen molar-refractivity contribution in [3.05, 3.63) is 33.5 Å². The van der Waals surface area contributed by atoms with E-state index in [9.17, 15) is 0 Å². The van der Waals surface area contributed by atoms with Crippen LogP contribution in [0.2, 0.25) is 0 Å². The predicted molar refractivity (Wildman–Crippen MR) is 72.6 cm³/mol. The lowest BCUT2D eigenvalue weighted by Gasteiger charge is -2.26. The van der Waals surface area contributed by atoms with Crippen molar-refractivity contribution in [1.82, 2.24) is 19.7 Å². The number of fused-ring (bicyclic) bond motifs is 1. The second-order valence-corrected chi connectivity index (χ2v) is 5.74. The lowest BCUT2D eigenvalue weighted by atomic mass is 10.2. The third-order valence-corrected chi connectivity index (χ3v) is 4.33. The molecule has 1 aliphatic rings. The molecule has 0 amide bonds. The zero-order valence-electron chi connectivity index (χ0n) is 10.9. The maximum atomic E-state index is 4.64. The van der Waals surface area contributed by atoms with Crippen LogP contribution in [0, 0.1) is 6.92 Å². The molecule has 3 heterocycles. The highest BCUT2D eigenvalue weighted by molar-refractivity contribution is 7.09. The van der Waals surface area contributed by atoms with E-state index >= 15 is 0 Å². The first-order valence-corrected chi connectivity index (χ1v) is 7.31. The van der Waals surface area contributed by atoms with Gasteiger partial charge < -0.3 is 0 Å². The van der Waals surface area contributed by atoms with Gasteiger partial charge in [-0.15, -0.1) is 11.3 Å². The second kappa shape index (κ2) is 4.82. The van der Waals surface area contributed by atoms with Crippen LogP contribution in [0.5, 0.6) is 0 Å². The van der Waals surface area contributed by atoms with Gasteiger partial charge in [0.15, 0.2) is 0 Å². The highest BCUT2D eigenvalue weighted by Crippen LogP contribution is 2.17. The highest BCUT2D eigenvalue weighted by Gasteiger charge is 2.18. The first kappa shape index (κ1) is 11.9. The summed E-state index contributed by atoms with van der Waals surface area (Å²) in [5.74, 6) is 0. The van der Waals surface area contributed by atoms with E-state index in [2.05, 4.69) is 45.0 Å². The van der Waals surface area contributed by atoms with Crippen molar-refractivity contribution in [3.63, 3.8) is 0 Å². The molecule has 0 fully saturated rings. The number of nitrogens with zero attached hydrogens (tertiary/aromatic N) is 4. The summed E-state index contributed by atoms with van der Waals surface area (Å²) in [5, 5.41) is 7.92. The van der Waals surface area contributed by atoms with E-state index in [4.69, 9.17) is 0 Å². The Labute approximate surface area is 111 Å². The minimum absolute atomic E-state index is 0.959. The Hall–Kier alpha value is -1.20. The zero-order chi connectivity index (χ0) is 12.5. The Morgan fingerprint density at radius 2 is 2.28 bits per heavy atom. The Morgan fingerprint density at radius 3 is 3.06 bits per heavy atom. The molecule has 2 aromatic rings. The summed E-state index contributed by atoms with van der Waals surface area (Å²) >= 11 is 1.77. The van der Waals surface area contributed by atoms with Gasteiger partial charge in [0.25, 0.3) is 0 Å². The van der Waals surface area contributed by atoms with Gasteiger partial charge >= 0.3 is 0 Å². The average molecular weight is 262 g/mol. The number of aromatic nitrogens is 3. The van der Waals surface area contributed by atoms with Crippen molar-refractivity contribution >= 4 is 11.3 Å². The summed E-state index contributed by atoms with van der Waals surface area (Å²) in [4.78, 5) is 7.09. The van der Waals surface area contributed by atoms with Gasteiger partial charge in [0.2, 0.25) is 0 Å². The predicted octanol–water partition coefficient (Wildman–Crippen LogP) is 2.23. The number of hydrogen-bond acceptors (Lipinski definition) is 4. The molecule has 0 aliphatic carbocycles. The molecule has 0 unspecified atom stereocenters. The summed E-state index contributed by atoms with van der Waals surface area (Å²) in [6.07, 6.45) is 1.04. The molecule has 5 heteroatoms. The average Bonchev–Trinajstić information content (AvgIpc) is 2.94. The summed E-state index contributed by atoms with van der Waals surface area (Å²) in [6, 6.07) is 2.19. The molecule has 0 spiro atoms. The molecule has 0 bridgehead atoms. The van der Waals surface area contributed by atoms with E-state index in [1.807, 2.05) is 0 Å². The van der Waals surface area contributed by atoms with Gasteiger partial charge in [-0.05, 0) is 19.4 Å². The second-order valence-electron chi connectivity index (χ2n) is 4.80. The Bertz CT molecular complexity index is 543. The molecular weight excluding hydrogens is 244 g/mol. The van der Waals surface area contributed by atoms with Crippen molar-refractivity contribution in [2.75, 3.05) is 6.54 Å². The van der Waals surface area contributed by atoms with Gasteiger partial charge in [-0.25, -0.2) is 4.98 Å². The van der Waals surface area contributed by atoms with Crippen molar-refractivity contribution in [2.24, 2.45) is 0 Å². The van der Waals surface area contributed by atoms with Crippen LogP contribution in [0.1, 0.15) is 29.0 Å². The first-order valence-electron chi connectivity index (χ1n) is 6.43. The van der Waals surface area contributed by atoms with Gasteiger partial charge in [0.05, 0.1) is 28.6 Å². The Kier molecular flexibility index (Phi) is 3.18. The van der Waals surface area contributed by atoms with Gasteiger partial charge in [0, 0.05) is 25.0 Å². The zero-order valence-corrected chi connectivity index (χ0v) is 11.7. The number of rotatable bonds is 3. The normalized spacial score (nSPS) is 15.9. The van der Waals surface area contributed by atoms with Crippen LogP contribution < -0.4 is 0 Å². The van der Waals surface area contributed by atoms with E-state index in [1.54, 1.807) is 11.3 Å². The Morgan fingerprint density at radius 1 is 1.39 bits per heavy atom. The SMILES string of the molecule is CCc1nc(CN2CCn3nc(C)cc3C2)cs1. The summed E-state index contributed by atoms with van der Waals surface area (Å²) < 4.78 is 2.13. The largest absolute Gasteiger partial charge is 0.290 e. The van der Waals surface area contributed by atoms with E-state index in [0.717, 1.165) is 38.3 Å². The molecule has 0 radical (unpaired) electrons. The van der Waals surface area contributed by atoms with E-state index in [1.165, 1.54) is 16.4 Å². The number of hydrogen-bond donors (Lipinski definition) is 0. The first-order chi connectivity index (χ1) is 8.74. The van der Waals surface area contributed by atoms with Crippen molar-refractivity contribution in [2.45, 2.75) is 39.9 Å². The van der Waals surface area contributed by atoms with Crippen LogP contribution in [0.4, 0.5) is 0 Å². The van der Waals surface area contributed by atoms with E-state index in [-0.39, 0.29) is 0 Å². The van der Waals surface area contributed by atoms with Crippen LogP contribution >= 0.6 is 11.3 Å². The van der Waals surface area contributed by atoms with Crippen molar-refractivity contribution in [3.8, 4) is 0 Å². The molecule has 1 aliphatic heterocycles. The molecule has 0 atom stereocenters. The van der Waals surface area contributed by atoms with Gasteiger partial charge in [-0.2, -0.15) is 5.10 Å². The van der Waals surface area contributed by atoms with Crippen LogP contribution in [0.15, 0.2) is 11.4 Å². The molecule has 0 saturated carbocycles. The van der Waals surface area contributed by atoms with Crippen LogP contribution in [-0.2, 0) is 26.1 Å². The summed E-state index contributed by atoms with van der Waals surface area (Å²) in [7, 11) is 0. The van der Waals surface area contributed by atoms with Gasteiger partial charge in [0.1, 0.15) is 0 Å². The number of thiazole rings is 1. The fraction of sp³-hybridized carbons (Fsp3) is 0.538. The molecule has 0 aromatic carbocycles. The van der Waals surface area contributed by atoms with Crippen molar-refractivity contribution in [1.29, 1.82) is 0 Å². The number of aryl methyl sites for hydroxylation is 2. The lowest BCUT2D eigenvalue weighted by molar-refractivity contribution is 0.203. The standard InChI is InChI=1S/C13H18N4S/c1-3-13-14-11(9-18-13)7-16-4-5-17-12(8-16)6-10(2)15-17/h6,9H,3-5,7-8H2,1-2H3. The molecule has 0 N–H and O–H groups in total. The monoisotopic (exact) mass is 262 g/mol. The minimum Gasteiger partial charge on any atom is -0.290 e. The van der Waals surface area contributed by atoms with Crippen LogP contribution in [-0.4, -0.2) is 26.2 Å². The molecule has 2 aromatic heterocycles. The van der Waals surface area contributed by atoms with Crippen LogP contribution in [0.25, 0.3) is 0 Å². The lowest BCUT2D eigenvalue weighted by Crippen LogP contribution is -2.33. The van der Waals surface area contributed by atoms with Gasteiger partial charge in [-0.3, -0.25) is 9.58 Å². The maximum Gasteiger partial charge on any atom is 0.0926 e.